The van der Waals surface area contributed by atoms with E-state index in [1.165, 1.54) is 0 Å². The number of carbonyl (C=O) groups is 2. The van der Waals surface area contributed by atoms with Gasteiger partial charge in [-0.15, -0.1) is 0 Å². The standard InChI is InChI=1S/C19H26N2O3/c1-13(2)16-9-8-14(3)10-17(16)24-12-19(23)21-20-18(22)11-15-6-4-5-7-15/h4,6,8-10,13,15H,5,7,11-12H2,1-3H3,(H,20,22)(H,21,23). The van der Waals surface area contributed by atoms with Crippen molar-refractivity contribution in [1.82, 2.24) is 10.9 Å². The molecule has 2 N–H and O–H groups in total. The summed E-state index contributed by atoms with van der Waals surface area (Å²) in [5, 5.41) is 0. The summed E-state index contributed by atoms with van der Waals surface area (Å²) in [5.41, 5.74) is 6.98. The average Bonchev–Trinajstić information content (AvgIpc) is 3.03. The molecule has 0 saturated carbocycles. The second kappa shape index (κ2) is 8.52. The lowest BCUT2D eigenvalue weighted by Crippen LogP contribution is -2.44. The number of nitrogens with one attached hydrogen (secondary N) is 2. The van der Waals surface area contributed by atoms with Crippen LogP contribution in [0.15, 0.2) is 30.4 Å². The Balaban J connectivity index is 1.77. The molecular formula is C19H26N2O3. The zero-order chi connectivity index (χ0) is 17.5. The van der Waals surface area contributed by atoms with Gasteiger partial charge in [0.2, 0.25) is 5.91 Å². The second-order valence-electron chi connectivity index (χ2n) is 6.55. The molecule has 0 aliphatic heterocycles. The second-order valence-corrected chi connectivity index (χ2v) is 6.55. The number of hydrogen-bond donors (Lipinski definition) is 2. The van der Waals surface area contributed by atoms with Gasteiger partial charge in [-0.25, -0.2) is 0 Å². The topological polar surface area (TPSA) is 67.4 Å². The van der Waals surface area contributed by atoms with Gasteiger partial charge in [0, 0.05) is 6.42 Å². The third-order valence-corrected chi connectivity index (χ3v) is 4.05. The van der Waals surface area contributed by atoms with Crippen LogP contribution in [-0.4, -0.2) is 18.4 Å². The first-order valence-corrected chi connectivity index (χ1v) is 8.43. The average molecular weight is 330 g/mol. The smallest absolute Gasteiger partial charge is 0.276 e. The van der Waals surface area contributed by atoms with Crippen LogP contribution in [0.1, 0.15) is 50.2 Å². The monoisotopic (exact) mass is 330 g/mol. The highest BCUT2D eigenvalue weighted by molar-refractivity contribution is 5.83. The number of hydrogen-bond acceptors (Lipinski definition) is 3. The minimum absolute atomic E-state index is 0.132. The molecule has 0 spiro atoms. The predicted octanol–water partition coefficient (Wildman–Crippen LogP) is 3.00. The number of benzene rings is 1. The molecule has 0 bridgehead atoms. The van der Waals surface area contributed by atoms with Crippen molar-refractivity contribution in [3.63, 3.8) is 0 Å². The van der Waals surface area contributed by atoms with Gasteiger partial charge >= 0.3 is 0 Å². The summed E-state index contributed by atoms with van der Waals surface area (Å²) >= 11 is 0. The summed E-state index contributed by atoms with van der Waals surface area (Å²) in [4.78, 5) is 23.6. The van der Waals surface area contributed by atoms with Gasteiger partial charge in [-0.2, -0.15) is 0 Å². The van der Waals surface area contributed by atoms with E-state index in [1.54, 1.807) is 0 Å². The summed E-state index contributed by atoms with van der Waals surface area (Å²) in [7, 11) is 0. The van der Waals surface area contributed by atoms with Crippen LogP contribution in [0.5, 0.6) is 5.75 Å². The van der Waals surface area contributed by atoms with Crippen LogP contribution in [0, 0.1) is 12.8 Å². The van der Waals surface area contributed by atoms with E-state index < -0.39 is 0 Å². The quantitative estimate of drug-likeness (QED) is 0.622. The number of ether oxygens (including phenoxy) is 1. The SMILES string of the molecule is Cc1ccc(C(C)C)c(OCC(=O)NNC(=O)CC2C=CCC2)c1. The lowest BCUT2D eigenvalue weighted by Gasteiger charge is -2.15. The van der Waals surface area contributed by atoms with Crippen LogP contribution in [0.4, 0.5) is 0 Å². The summed E-state index contributed by atoms with van der Waals surface area (Å²) in [6.07, 6.45) is 6.55. The maximum absolute atomic E-state index is 11.9. The van der Waals surface area contributed by atoms with Gasteiger partial charge in [0.25, 0.3) is 5.91 Å². The molecule has 1 aliphatic rings. The van der Waals surface area contributed by atoms with Crippen LogP contribution in [0.2, 0.25) is 0 Å². The number of allylic oxidation sites excluding steroid dienone is 2. The highest BCUT2D eigenvalue weighted by atomic mass is 16.5. The number of hydrazine groups is 1. The molecule has 24 heavy (non-hydrogen) atoms. The fraction of sp³-hybridized carbons (Fsp3) is 0.474. The fourth-order valence-electron chi connectivity index (χ4n) is 2.72. The molecule has 0 fully saturated rings. The van der Waals surface area contributed by atoms with E-state index in [1.807, 2.05) is 25.1 Å². The summed E-state index contributed by atoms with van der Waals surface area (Å²) < 4.78 is 5.63. The molecule has 2 amide bonds. The zero-order valence-electron chi connectivity index (χ0n) is 14.6. The third kappa shape index (κ3) is 5.41. The maximum Gasteiger partial charge on any atom is 0.276 e. The Bertz CT molecular complexity index is 623. The molecule has 2 rings (SSSR count). The summed E-state index contributed by atoms with van der Waals surface area (Å²) in [6, 6.07) is 5.97. The Morgan fingerprint density at radius 2 is 2.00 bits per heavy atom. The molecule has 1 aromatic carbocycles. The highest BCUT2D eigenvalue weighted by Gasteiger charge is 2.15. The van der Waals surface area contributed by atoms with Crippen molar-refractivity contribution in [1.29, 1.82) is 0 Å². The van der Waals surface area contributed by atoms with Crippen LogP contribution in [0.25, 0.3) is 0 Å². The summed E-state index contributed by atoms with van der Waals surface area (Å²) in [5.74, 6) is 0.740. The van der Waals surface area contributed by atoms with Gasteiger partial charge in [-0.3, -0.25) is 20.4 Å². The fourth-order valence-corrected chi connectivity index (χ4v) is 2.72. The van der Waals surface area contributed by atoms with Crippen LogP contribution < -0.4 is 15.6 Å². The lowest BCUT2D eigenvalue weighted by atomic mass is 10.0. The molecule has 1 aromatic rings. The molecule has 1 aliphatic carbocycles. The Morgan fingerprint density at radius 1 is 1.25 bits per heavy atom. The maximum atomic E-state index is 11.9. The summed E-state index contributed by atoms with van der Waals surface area (Å²) in [6.45, 7) is 6.01. The normalized spacial score (nSPS) is 16.2. The molecule has 1 unspecified atom stereocenters. The van der Waals surface area contributed by atoms with Crippen LogP contribution in [-0.2, 0) is 9.59 Å². The Labute approximate surface area is 143 Å². The van der Waals surface area contributed by atoms with Gasteiger partial charge in [-0.1, -0.05) is 38.1 Å². The molecular weight excluding hydrogens is 304 g/mol. The van der Waals surface area contributed by atoms with Gasteiger partial charge in [0.15, 0.2) is 6.61 Å². The zero-order valence-corrected chi connectivity index (χ0v) is 14.6. The lowest BCUT2D eigenvalue weighted by molar-refractivity contribution is -0.130. The Kier molecular flexibility index (Phi) is 6.41. The van der Waals surface area contributed by atoms with Crippen molar-refractivity contribution in [2.24, 2.45) is 5.92 Å². The van der Waals surface area contributed by atoms with Crippen LogP contribution in [0.3, 0.4) is 0 Å². The molecule has 130 valence electrons. The Morgan fingerprint density at radius 3 is 2.67 bits per heavy atom. The molecule has 0 aromatic heterocycles. The van der Waals surface area contributed by atoms with Gasteiger partial charge in [0.05, 0.1) is 0 Å². The first-order chi connectivity index (χ1) is 11.5. The van der Waals surface area contributed by atoms with Gasteiger partial charge in [-0.05, 0) is 48.8 Å². The predicted molar refractivity (Wildman–Crippen MR) is 93.5 cm³/mol. The van der Waals surface area contributed by atoms with Crippen molar-refractivity contribution >= 4 is 11.8 Å². The first kappa shape index (κ1) is 18.0. The van der Waals surface area contributed by atoms with E-state index in [9.17, 15) is 9.59 Å². The van der Waals surface area contributed by atoms with E-state index in [-0.39, 0.29) is 24.3 Å². The molecule has 1 atom stereocenters. The third-order valence-electron chi connectivity index (χ3n) is 4.05. The van der Waals surface area contributed by atoms with E-state index in [2.05, 4.69) is 36.9 Å². The largest absolute Gasteiger partial charge is 0.483 e. The molecule has 5 heteroatoms. The van der Waals surface area contributed by atoms with Gasteiger partial charge in [0.1, 0.15) is 5.75 Å². The van der Waals surface area contributed by atoms with Crippen molar-refractivity contribution < 1.29 is 14.3 Å². The van der Waals surface area contributed by atoms with E-state index >= 15 is 0 Å². The van der Waals surface area contributed by atoms with E-state index in [0.29, 0.717) is 18.1 Å². The molecule has 0 heterocycles. The first-order valence-electron chi connectivity index (χ1n) is 8.43. The van der Waals surface area contributed by atoms with Crippen molar-refractivity contribution in [2.75, 3.05) is 6.61 Å². The van der Waals surface area contributed by atoms with E-state index in [0.717, 1.165) is 24.0 Å². The number of aryl methyl sites for hydroxylation is 1. The minimum atomic E-state index is -0.374. The highest BCUT2D eigenvalue weighted by Crippen LogP contribution is 2.27. The number of amides is 2. The van der Waals surface area contributed by atoms with E-state index in [4.69, 9.17) is 4.74 Å². The van der Waals surface area contributed by atoms with Crippen LogP contribution >= 0.6 is 0 Å². The Hall–Kier alpha value is -2.30. The molecule has 0 radical (unpaired) electrons. The number of carbonyl (C=O) groups excluding carboxylic acids is 2. The molecule has 5 nitrogen and oxygen atoms in total. The number of rotatable bonds is 6. The van der Waals surface area contributed by atoms with Crippen molar-refractivity contribution in [3.8, 4) is 5.75 Å². The van der Waals surface area contributed by atoms with Gasteiger partial charge < -0.3 is 4.74 Å². The minimum Gasteiger partial charge on any atom is -0.483 e. The molecule has 0 saturated heterocycles. The van der Waals surface area contributed by atoms with Crippen molar-refractivity contribution in [2.45, 2.75) is 46.0 Å². The van der Waals surface area contributed by atoms with Crippen molar-refractivity contribution in [3.05, 3.63) is 41.5 Å².